The van der Waals surface area contributed by atoms with E-state index in [1.54, 1.807) is 12.1 Å². The van der Waals surface area contributed by atoms with Gasteiger partial charge in [0.25, 0.3) is 0 Å². The Labute approximate surface area is 122 Å². The first-order valence-corrected chi connectivity index (χ1v) is 6.62. The van der Waals surface area contributed by atoms with E-state index < -0.39 is 6.36 Å². The molecule has 0 aliphatic heterocycles. The van der Waals surface area contributed by atoms with Crippen LogP contribution < -0.4 is 10.5 Å². The molecule has 0 amide bonds. The molecule has 3 N–H and O–H groups in total. The molecule has 0 spiro atoms. The molecule has 1 aromatic rings. The summed E-state index contributed by atoms with van der Waals surface area (Å²) in [7, 11) is 0. The van der Waals surface area contributed by atoms with Crippen molar-refractivity contribution < 1.29 is 17.9 Å². The standard InChI is InChI=1S/C14H20F3N3O/c1-3-20(8-10(2)13(18)19)9-11-4-6-12(7-5-11)21-14(15,16)17/h4-7,10H,3,8-9H2,1-2H3,(H3,18,19). The smallest absolute Gasteiger partial charge is 0.406 e. The number of halogens is 3. The monoisotopic (exact) mass is 303 g/mol. The zero-order valence-corrected chi connectivity index (χ0v) is 12.1. The highest BCUT2D eigenvalue weighted by Gasteiger charge is 2.30. The van der Waals surface area contributed by atoms with Crippen LogP contribution in [0.4, 0.5) is 13.2 Å². The van der Waals surface area contributed by atoms with Crippen molar-refractivity contribution in [1.82, 2.24) is 4.90 Å². The third-order valence-corrected chi connectivity index (χ3v) is 3.07. The summed E-state index contributed by atoms with van der Waals surface area (Å²) < 4.78 is 40.0. The lowest BCUT2D eigenvalue weighted by molar-refractivity contribution is -0.274. The van der Waals surface area contributed by atoms with Gasteiger partial charge in [-0.2, -0.15) is 0 Å². The minimum Gasteiger partial charge on any atom is -0.406 e. The number of nitrogens with one attached hydrogen (secondary N) is 1. The summed E-state index contributed by atoms with van der Waals surface area (Å²) in [5.41, 5.74) is 6.32. The molecule has 0 aliphatic rings. The van der Waals surface area contributed by atoms with Gasteiger partial charge in [-0.05, 0) is 24.2 Å². The molecule has 1 unspecified atom stereocenters. The first kappa shape index (κ1) is 17.3. The summed E-state index contributed by atoms with van der Waals surface area (Å²) >= 11 is 0. The number of nitrogens with two attached hydrogens (primary N) is 1. The molecule has 7 heteroatoms. The maximum atomic E-state index is 12.1. The van der Waals surface area contributed by atoms with Gasteiger partial charge in [-0.1, -0.05) is 26.0 Å². The largest absolute Gasteiger partial charge is 0.573 e. The van der Waals surface area contributed by atoms with Gasteiger partial charge in [0.1, 0.15) is 5.75 Å². The number of benzene rings is 1. The molecule has 0 aromatic heterocycles. The lowest BCUT2D eigenvalue weighted by atomic mass is 10.1. The number of ether oxygens (including phenoxy) is 1. The Morgan fingerprint density at radius 1 is 1.33 bits per heavy atom. The molecule has 0 fully saturated rings. The topological polar surface area (TPSA) is 62.3 Å². The highest BCUT2D eigenvalue weighted by molar-refractivity contribution is 5.79. The van der Waals surface area contributed by atoms with Crippen LogP contribution in [0.5, 0.6) is 5.75 Å². The van der Waals surface area contributed by atoms with Crippen molar-refractivity contribution in [3.8, 4) is 5.75 Å². The Morgan fingerprint density at radius 3 is 2.33 bits per heavy atom. The average Bonchev–Trinajstić information content (AvgIpc) is 2.38. The number of rotatable bonds is 7. The Bertz CT molecular complexity index is 460. The van der Waals surface area contributed by atoms with Crippen LogP contribution in [0.25, 0.3) is 0 Å². The zero-order valence-electron chi connectivity index (χ0n) is 12.1. The maximum Gasteiger partial charge on any atom is 0.573 e. The van der Waals surface area contributed by atoms with Gasteiger partial charge in [-0.15, -0.1) is 13.2 Å². The molecule has 0 radical (unpaired) electrons. The van der Waals surface area contributed by atoms with Crippen LogP contribution in [0.3, 0.4) is 0 Å². The normalized spacial score (nSPS) is 13.2. The van der Waals surface area contributed by atoms with Gasteiger partial charge in [-0.25, -0.2) is 0 Å². The van der Waals surface area contributed by atoms with Gasteiger partial charge in [0, 0.05) is 19.0 Å². The highest BCUT2D eigenvalue weighted by atomic mass is 19.4. The van der Waals surface area contributed by atoms with Gasteiger partial charge in [0.2, 0.25) is 0 Å². The predicted octanol–water partition coefficient (Wildman–Crippen LogP) is 2.98. The van der Waals surface area contributed by atoms with Crippen molar-refractivity contribution in [2.45, 2.75) is 26.8 Å². The van der Waals surface area contributed by atoms with Gasteiger partial charge >= 0.3 is 6.36 Å². The number of nitrogens with zero attached hydrogens (tertiary/aromatic N) is 1. The third-order valence-electron chi connectivity index (χ3n) is 3.07. The van der Waals surface area contributed by atoms with Crippen molar-refractivity contribution >= 4 is 5.84 Å². The number of hydrogen-bond donors (Lipinski definition) is 2. The van der Waals surface area contributed by atoms with Crippen LogP contribution in [-0.4, -0.2) is 30.2 Å². The second kappa shape index (κ2) is 7.31. The van der Waals surface area contributed by atoms with E-state index in [1.807, 2.05) is 13.8 Å². The molecule has 21 heavy (non-hydrogen) atoms. The fraction of sp³-hybridized carbons (Fsp3) is 0.500. The molecule has 0 saturated carbocycles. The van der Waals surface area contributed by atoms with E-state index in [0.717, 1.165) is 12.1 Å². The fourth-order valence-corrected chi connectivity index (χ4v) is 1.85. The average molecular weight is 303 g/mol. The highest BCUT2D eigenvalue weighted by Crippen LogP contribution is 2.23. The lowest BCUT2D eigenvalue weighted by Crippen LogP contribution is -2.34. The summed E-state index contributed by atoms with van der Waals surface area (Å²) in [4.78, 5) is 2.08. The van der Waals surface area contributed by atoms with Crippen LogP contribution in [0.2, 0.25) is 0 Å². The molecular weight excluding hydrogens is 283 g/mol. The second-order valence-corrected chi connectivity index (χ2v) is 4.88. The molecule has 1 rings (SSSR count). The zero-order chi connectivity index (χ0) is 16.0. The summed E-state index contributed by atoms with van der Waals surface area (Å²) in [5, 5.41) is 7.39. The Morgan fingerprint density at radius 2 is 1.90 bits per heavy atom. The van der Waals surface area contributed by atoms with Crippen LogP contribution in [0.15, 0.2) is 24.3 Å². The number of alkyl halides is 3. The van der Waals surface area contributed by atoms with Crippen LogP contribution >= 0.6 is 0 Å². The Balaban J connectivity index is 2.63. The van der Waals surface area contributed by atoms with Gasteiger partial charge < -0.3 is 10.5 Å². The molecule has 118 valence electrons. The van der Waals surface area contributed by atoms with Crippen LogP contribution in [0.1, 0.15) is 19.4 Å². The third kappa shape index (κ3) is 6.48. The summed E-state index contributed by atoms with van der Waals surface area (Å²) in [5.74, 6) is -0.161. The second-order valence-electron chi connectivity index (χ2n) is 4.88. The van der Waals surface area contributed by atoms with Crippen molar-refractivity contribution in [2.24, 2.45) is 11.7 Å². The molecule has 0 saturated heterocycles. The van der Waals surface area contributed by atoms with E-state index in [9.17, 15) is 13.2 Å². The lowest BCUT2D eigenvalue weighted by Gasteiger charge is -2.23. The minimum atomic E-state index is -4.67. The summed E-state index contributed by atoms with van der Waals surface area (Å²) in [6.45, 7) is 5.82. The summed E-state index contributed by atoms with van der Waals surface area (Å²) in [6.07, 6.45) is -4.67. The van der Waals surface area contributed by atoms with E-state index in [-0.39, 0.29) is 17.5 Å². The predicted molar refractivity (Wildman–Crippen MR) is 75.2 cm³/mol. The van der Waals surface area contributed by atoms with E-state index >= 15 is 0 Å². The molecule has 0 heterocycles. The Kier molecular flexibility index (Phi) is 6.02. The molecule has 0 bridgehead atoms. The van der Waals surface area contributed by atoms with Crippen molar-refractivity contribution in [3.63, 3.8) is 0 Å². The molecule has 0 aliphatic carbocycles. The summed E-state index contributed by atoms with van der Waals surface area (Å²) in [6, 6.07) is 5.79. The van der Waals surface area contributed by atoms with Crippen molar-refractivity contribution in [2.75, 3.05) is 13.1 Å². The minimum absolute atomic E-state index is 0.0576. The molecule has 1 aromatic carbocycles. The van der Waals surface area contributed by atoms with E-state index in [4.69, 9.17) is 11.1 Å². The van der Waals surface area contributed by atoms with Crippen LogP contribution in [0, 0.1) is 11.3 Å². The molecule has 4 nitrogen and oxygen atoms in total. The van der Waals surface area contributed by atoms with Gasteiger partial charge in [0.05, 0.1) is 5.84 Å². The van der Waals surface area contributed by atoms with Crippen molar-refractivity contribution in [1.29, 1.82) is 5.41 Å². The fourth-order valence-electron chi connectivity index (χ4n) is 1.85. The van der Waals surface area contributed by atoms with E-state index in [0.29, 0.717) is 13.1 Å². The van der Waals surface area contributed by atoms with E-state index in [2.05, 4.69) is 9.64 Å². The Hall–Kier alpha value is -1.76. The van der Waals surface area contributed by atoms with Gasteiger partial charge in [0.15, 0.2) is 0 Å². The first-order chi connectivity index (χ1) is 9.71. The maximum absolute atomic E-state index is 12.1. The van der Waals surface area contributed by atoms with Crippen LogP contribution in [-0.2, 0) is 6.54 Å². The molecule has 1 atom stereocenters. The molecular formula is C14H20F3N3O. The van der Waals surface area contributed by atoms with E-state index in [1.165, 1.54) is 12.1 Å². The van der Waals surface area contributed by atoms with Crippen molar-refractivity contribution in [3.05, 3.63) is 29.8 Å². The first-order valence-electron chi connectivity index (χ1n) is 6.62. The SMILES string of the molecule is CCN(Cc1ccc(OC(F)(F)F)cc1)CC(C)C(=N)N. The number of amidine groups is 1. The quantitative estimate of drug-likeness (QED) is 0.601. The number of hydrogen-bond acceptors (Lipinski definition) is 3. The van der Waals surface area contributed by atoms with Gasteiger partial charge in [-0.3, -0.25) is 10.3 Å².